The van der Waals surface area contributed by atoms with Crippen LogP contribution in [0.25, 0.3) is 27.9 Å². The summed E-state index contributed by atoms with van der Waals surface area (Å²) in [5.74, 6) is -0.192. The molecule has 2 fully saturated rings. The summed E-state index contributed by atoms with van der Waals surface area (Å²) in [5, 5.41) is 7.33. The molecule has 36 heavy (non-hydrogen) atoms. The quantitative estimate of drug-likeness (QED) is 0.389. The predicted octanol–water partition coefficient (Wildman–Crippen LogP) is 3.42. The van der Waals surface area contributed by atoms with Crippen molar-refractivity contribution in [2.75, 3.05) is 24.1 Å². The largest absolute Gasteiger partial charge is 0.382 e. The molecule has 0 bridgehead atoms. The van der Waals surface area contributed by atoms with E-state index in [0.717, 1.165) is 25.6 Å². The third-order valence-corrected chi connectivity index (χ3v) is 6.92. The number of nitrogens with one attached hydrogen (secondary N) is 1. The molecule has 13 heteroatoms. The Labute approximate surface area is 203 Å². The molecule has 0 aromatic carbocycles. The Morgan fingerprint density at radius 1 is 1.17 bits per heavy atom. The first-order valence-electron chi connectivity index (χ1n) is 11.9. The number of rotatable bonds is 6. The van der Waals surface area contributed by atoms with Gasteiger partial charge < -0.3 is 15.6 Å². The Kier molecular flexibility index (Phi) is 5.47. The number of aryl methyl sites for hydroxylation is 1. The van der Waals surface area contributed by atoms with E-state index in [0.29, 0.717) is 30.3 Å². The normalized spacial score (nSPS) is 21.2. The van der Waals surface area contributed by atoms with Crippen LogP contribution < -0.4 is 11.1 Å². The molecule has 190 valence electrons. The average Bonchev–Trinajstić information content (AvgIpc) is 3.55. The van der Waals surface area contributed by atoms with Gasteiger partial charge in [-0.2, -0.15) is 4.98 Å². The van der Waals surface area contributed by atoms with Crippen molar-refractivity contribution in [3.63, 3.8) is 0 Å². The fourth-order valence-electron chi connectivity index (χ4n) is 5.02. The number of alkyl halides is 3. The second-order valence-electron chi connectivity index (χ2n) is 9.45. The second-order valence-corrected chi connectivity index (χ2v) is 9.45. The molecule has 1 saturated heterocycles. The lowest BCUT2D eigenvalue weighted by Crippen LogP contribution is -2.48. The third kappa shape index (κ3) is 4.00. The van der Waals surface area contributed by atoms with Crippen molar-refractivity contribution in [1.82, 2.24) is 34.0 Å². The number of likely N-dealkylation sites (tertiary alicyclic amines) is 1. The number of nitrogens with two attached hydrogens (primary N) is 1. The first kappa shape index (κ1) is 23.0. The first-order valence-corrected chi connectivity index (χ1v) is 11.9. The second kappa shape index (κ2) is 8.57. The number of aromatic nitrogens is 6. The zero-order valence-corrected chi connectivity index (χ0v) is 19.5. The molecule has 3 N–H and O–H groups in total. The van der Waals surface area contributed by atoms with Crippen LogP contribution in [0.1, 0.15) is 25.1 Å². The van der Waals surface area contributed by atoms with Crippen molar-refractivity contribution >= 4 is 28.4 Å². The van der Waals surface area contributed by atoms with Crippen LogP contribution in [0.2, 0.25) is 0 Å². The van der Waals surface area contributed by atoms with Gasteiger partial charge >= 0.3 is 0 Å². The first-order chi connectivity index (χ1) is 17.3. The van der Waals surface area contributed by atoms with Crippen LogP contribution >= 0.6 is 0 Å². The molecule has 0 spiro atoms. The van der Waals surface area contributed by atoms with E-state index in [4.69, 9.17) is 5.73 Å². The molecular formula is C23H25F4N9. The summed E-state index contributed by atoms with van der Waals surface area (Å²) in [6, 6.07) is 3.17. The highest BCUT2D eigenvalue weighted by Gasteiger charge is 2.37. The highest BCUT2D eigenvalue weighted by molar-refractivity contribution is 5.89. The van der Waals surface area contributed by atoms with Gasteiger partial charge in [0.15, 0.2) is 17.3 Å². The minimum Gasteiger partial charge on any atom is -0.382 e. The van der Waals surface area contributed by atoms with Crippen LogP contribution in [0.5, 0.6) is 0 Å². The van der Waals surface area contributed by atoms with E-state index in [9.17, 15) is 13.2 Å². The molecular weight excluding hydrogens is 478 g/mol. The third-order valence-electron chi connectivity index (χ3n) is 6.92. The summed E-state index contributed by atoms with van der Waals surface area (Å²) in [4.78, 5) is 15.1. The van der Waals surface area contributed by atoms with Gasteiger partial charge in [-0.3, -0.25) is 4.90 Å². The van der Waals surface area contributed by atoms with Gasteiger partial charge in [0, 0.05) is 19.1 Å². The number of piperidine rings is 1. The topological polar surface area (TPSA) is 102 Å². The molecule has 1 aliphatic carbocycles. The molecule has 9 nitrogen and oxygen atoms in total. The Hall–Kier alpha value is -3.48. The zero-order chi connectivity index (χ0) is 25.1. The van der Waals surface area contributed by atoms with Gasteiger partial charge in [-0.25, -0.2) is 32.0 Å². The number of pyridine rings is 1. The van der Waals surface area contributed by atoms with Crippen molar-refractivity contribution in [3.05, 3.63) is 30.0 Å². The molecule has 5 heterocycles. The molecule has 2 atom stereocenters. The summed E-state index contributed by atoms with van der Waals surface area (Å²) in [6.07, 6.45) is 0.300. The number of imidazole rings is 1. The number of hydrogen-bond acceptors (Lipinski definition) is 7. The lowest BCUT2D eigenvalue weighted by atomic mass is 10.0. The van der Waals surface area contributed by atoms with Gasteiger partial charge in [0.25, 0.3) is 6.43 Å². The Morgan fingerprint density at radius 3 is 2.69 bits per heavy atom. The van der Waals surface area contributed by atoms with Crippen molar-refractivity contribution in [2.24, 2.45) is 0 Å². The summed E-state index contributed by atoms with van der Waals surface area (Å²) in [6.45, 7) is 2.18. The average molecular weight is 504 g/mol. The fourth-order valence-corrected chi connectivity index (χ4v) is 5.02. The number of nitrogen functional groups attached to an aromatic ring is 1. The number of nitrogens with zero attached hydrogens (tertiary/aromatic N) is 7. The van der Waals surface area contributed by atoms with E-state index in [-0.39, 0.29) is 34.2 Å². The molecule has 0 amide bonds. The van der Waals surface area contributed by atoms with Crippen molar-refractivity contribution in [2.45, 2.75) is 57.4 Å². The minimum absolute atomic E-state index is 0.0172. The summed E-state index contributed by atoms with van der Waals surface area (Å²) >= 11 is 0. The maximum absolute atomic E-state index is 15.2. The molecule has 6 rings (SSSR count). The molecule has 0 unspecified atom stereocenters. The van der Waals surface area contributed by atoms with E-state index < -0.39 is 31.0 Å². The maximum Gasteiger partial charge on any atom is 0.256 e. The lowest BCUT2D eigenvalue weighted by molar-refractivity contribution is 0.120. The van der Waals surface area contributed by atoms with Crippen LogP contribution in [-0.2, 0) is 6.54 Å². The van der Waals surface area contributed by atoms with E-state index in [2.05, 4.69) is 30.3 Å². The van der Waals surface area contributed by atoms with Crippen molar-refractivity contribution < 1.29 is 17.6 Å². The van der Waals surface area contributed by atoms with E-state index in [1.165, 1.54) is 9.08 Å². The van der Waals surface area contributed by atoms with Gasteiger partial charge in [0.05, 0.1) is 30.0 Å². The standard InChI is InChI=1S/C23H25F4N9/c1-11-29-17-5-4-16(30-22(17)35(11)10-18(26)27)19-14(25)9-36-20(19)21(28)32-23(33-36)31-15-6-7-34(8-13(15)24)12-2-3-12/h4-5,9,12-13,15,18H,2-3,6-8,10H2,1H3,(H3,28,31,32,33)/t13-,15+/m1/s1. The highest BCUT2D eigenvalue weighted by atomic mass is 19.3. The number of halogens is 4. The molecule has 1 aliphatic heterocycles. The van der Waals surface area contributed by atoms with Gasteiger partial charge in [-0.15, -0.1) is 5.10 Å². The van der Waals surface area contributed by atoms with Gasteiger partial charge in [-0.05, 0) is 38.3 Å². The van der Waals surface area contributed by atoms with E-state index in [1.54, 1.807) is 19.1 Å². The van der Waals surface area contributed by atoms with Crippen molar-refractivity contribution in [1.29, 1.82) is 0 Å². The predicted molar refractivity (Wildman–Crippen MR) is 126 cm³/mol. The van der Waals surface area contributed by atoms with Crippen LogP contribution in [0.4, 0.5) is 29.3 Å². The Bertz CT molecular complexity index is 1440. The van der Waals surface area contributed by atoms with Crippen molar-refractivity contribution in [3.8, 4) is 11.3 Å². The molecule has 0 radical (unpaired) electrons. The monoisotopic (exact) mass is 503 g/mol. The van der Waals surface area contributed by atoms with Gasteiger partial charge in [0.2, 0.25) is 5.95 Å². The lowest BCUT2D eigenvalue weighted by Gasteiger charge is -2.35. The maximum atomic E-state index is 15.2. The summed E-state index contributed by atoms with van der Waals surface area (Å²) in [7, 11) is 0. The summed E-state index contributed by atoms with van der Waals surface area (Å²) < 4.78 is 58.7. The SMILES string of the molecule is Cc1nc2ccc(-c3c(F)cn4nc(N[C@H]5CCN(C6CC6)C[C@H]5F)nc(N)c34)nc2n1CC(F)F. The van der Waals surface area contributed by atoms with E-state index >= 15 is 4.39 Å². The number of fused-ring (bicyclic) bond motifs is 2. The Balaban J connectivity index is 1.33. The van der Waals surface area contributed by atoms with Gasteiger partial charge in [-0.1, -0.05) is 0 Å². The van der Waals surface area contributed by atoms with Crippen LogP contribution in [0.15, 0.2) is 18.3 Å². The molecule has 4 aromatic heterocycles. The van der Waals surface area contributed by atoms with E-state index in [1.807, 2.05) is 0 Å². The van der Waals surface area contributed by atoms with Crippen LogP contribution in [-0.4, -0.2) is 71.8 Å². The highest BCUT2D eigenvalue weighted by Crippen LogP contribution is 2.33. The molecule has 1 saturated carbocycles. The number of anilines is 2. The smallest absolute Gasteiger partial charge is 0.256 e. The molecule has 2 aliphatic rings. The number of hydrogen-bond donors (Lipinski definition) is 2. The Morgan fingerprint density at radius 2 is 1.97 bits per heavy atom. The molecule has 4 aromatic rings. The van der Waals surface area contributed by atoms with Gasteiger partial charge in [0.1, 0.15) is 23.0 Å². The minimum atomic E-state index is -2.60. The summed E-state index contributed by atoms with van der Waals surface area (Å²) in [5.41, 5.74) is 7.26. The fraction of sp³-hybridized carbons (Fsp3) is 0.478. The van der Waals surface area contributed by atoms with Crippen LogP contribution in [0, 0.1) is 12.7 Å². The zero-order valence-electron chi connectivity index (χ0n) is 19.5. The van der Waals surface area contributed by atoms with Crippen LogP contribution in [0.3, 0.4) is 0 Å².